The zero-order valence-corrected chi connectivity index (χ0v) is 17.8. The fourth-order valence-corrected chi connectivity index (χ4v) is 6.22. The van der Waals surface area contributed by atoms with Crippen molar-refractivity contribution in [2.24, 2.45) is 7.05 Å². The predicted octanol–water partition coefficient (Wildman–Crippen LogP) is 1.17. The molecule has 1 aromatic heterocycles. The Morgan fingerprint density at radius 2 is 1.68 bits per heavy atom. The molecule has 3 rings (SSSR count). The molecule has 9 nitrogen and oxygen atoms in total. The molecule has 2 aromatic rings. The van der Waals surface area contributed by atoms with Crippen molar-refractivity contribution in [3.8, 4) is 5.75 Å². The van der Waals surface area contributed by atoms with Gasteiger partial charge in [0.2, 0.25) is 10.0 Å². The van der Waals surface area contributed by atoms with Crippen molar-refractivity contribution in [2.75, 3.05) is 33.3 Å². The van der Waals surface area contributed by atoms with Gasteiger partial charge in [0.05, 0.1) is 23.4 Å². The van der Waals surface area contributed by atoms with Gasteiger partial charge in [-0.1, -0.05) is 11.6 Å². The maximum Gasteiger partial charge on any atom is 0.262 e. The zero-order chi connectivity index (χ0) is 20.5. The molecule has 0 saturated carbocycles. The summed E-state index contributed by atoms with van der Waals surface area (Å²) in [6.07, 6.45) is 3.21. The number of sulfonamides is 2. The maximum absolute atomic E-state index is 13.0. The molecule has 28 heavy (non-hydrogen) atoms. The van der Waals surface area contributed by atoms with Gasteiger partial charge >= 0.3 is 0 Å². The summed E-state index contributed by atoms with van der Waals surface area (Å²) in [6.45, 7) is 0.509. The Labute approximate surface area is 169 Å². The van der Waals surface area contributed by atoms with E-state index in [-0.39, 0.29) is 41.1 Å². The third-order valence-corrected chi connectivity index (χ3v) is 8.43. The minimum Gasteiger partial charge on any atom is -0.495 e. The van der Waals surface area contributed by atoms with Gasteiger partial charge < -0.3 is 9.30 Å². The van der Waals surface area contributed by atoms with Crippen LogP contribution in [0, 0.1) is 0 Å². The van der Waals surface area contributed by atoms with E-state index in [9.17, 15) is 16.8 Å². The molecular weight excluding hydrogens is 428 g/mol. The van der Waals surface area contributed by atoms with Crippen LogP contribution in [0.25, 0.3) is 0 Å². The minimum absolute atomic E-state index is 0.0397. The van der Waals surface area contributed by atoms with E-state index in [0.29, 0.717) is 12.2 Å². The smallest absolute Gasteiger partial charge is 0.262 e. The molecule has 1 aliphatic heterocycles. The summed E-state index contributed by atoms with van der Waals surface area (Å²) in [4.78, 5) is 3.95. The number of hydrogen-bond acceptors (Lipinski definition) is 6. The van der Waals surface area contributed by atoms with Crippen LogP contribution in [0.4, 0.5) is 0 Å². The summed E-state index contributed by atoms with van der Waals surface area (Å²) in [5.74, 6) is 0.379. The molecule has 0 radical (unpaired) electrons. The Hall–Kier alpha value is -1.66. The lowest BCUT2D eigenvalue weighted by Crippen LogP contribution is -2.37. The standard InChI is InChI=1S/C16H21ClN4O5S2/c1-19-11-16(18-12-19)28(24,25)21-7-3-6-20(8-9-21)27(22,23)13-4-5-15(26-2)14(17)10-13/h4-5,10-12H,3,6-9H2,1-2H3. The molecule has 0 bridgehead atoms. The summed E-state index contributed by atoms with van der Waals surface area (Å²) < 4.78 is 60.6. The number of nitrogens with zero attached hydrogens (tertiary/aromatic N) is 4. The lowest BCUT2D eigenvalue weighted by atomic mass is 10.3. The summed E-state index contributed by atoms with van der Waals surface area (Å²) in [7, 11) is -4.45. The Morgan fingerprint density at radius 1 is 1.04 bits per heavy atom. The first-order valence-corrected chi connectivity index (χ1v) is 11.7. The molecule has 1 aromatic carbocycles. The van der Waals surface area contributed by atoms with Crippen LogP contribution in [0.5, 0.6) is 5.75 Å². The minimum atomic E-state index is -3.81. The second kappa shape index (κ2) is 7.99. The van der Waals surface area contributed by atoms with Crippen LogP contribution in [-0.4, -0.2) is 68.3 Å². The highest BCUT2D eigenvalue weighted by molar-refractivity contribution is 7.89. The van der Waals surface area contributed by atoms with Crippen LogP contribution >= 0.6 is 11.6 Å². The summed E-state index contributed by atoms with van der Waals surface area (Å²) in [5, 5.41) is 0.144. The monoisotopic (exact) mass is 448 g/mol. The SMILES string of the molecule is COc1ccc(S(=O)(=O)N2CCCN(S(=O)(=O)c3cn(C)cn3)CC2)cc1Cl. The van der Waals surface area contributed by atoms with E-state index in [0.717, 1.165) is 0 Å². The van der Waals surface area contributed by atoms with Gasteiger partial charge in [-0.3, -0.25) is 0 Å². The first kappa shape index (κ1) is 21.1. The van der Waals surface area contributed by atoms with E-state index in [1.54, 1.807) is 11.6 Å². The van der Waals surface area contributed by atoms with Crippen LogP contribution in [0.2, 0.25) is 5.02 Å². The number of benzene rings is 1. The summed E-state index contributed by atoms with van der Waals surface area (Å²) in [5.41, 5.74) is 0. The third kappa shape index (κ3) is 4.03. The van der Waals surface area contributed by atoms with Crippen molar-refractivity contribution >= 4 is 31.6 Å². The molecule has 0 amide bonds. The van der Waals surface area contributed by atoms with E-state index in [2.05, 4.69) is 4.98 Å². The molecule has 154 valence electrons. The molecule has 0 aliphatic carbocycles. The number of halogens is 1. The van der Waals surface area contributed by atoms with Crippen LogP contribution in [-0.2, 0) is 27.1 Å². The highest BCUT2D eigenvalue weighted by Gasteiger charge is 2.32. The van der Waals surface area contributed by atoms with E-state index in [1.165, 1.54) is 46.4 Å². The van der Waals surface area contributed by atoms with Gasteiger partial charge in [0.1, 0.15) is 5.75 Å². The molecule has 12 heteroatoms. The van der Waals surface area contributed by atoms with Crippen LogP contribution in [0.3, 0.4) is 0 Å². The average molecular weight is 449 g/mol. The third-order valence-electron chi connectivity index (χ3n) is 4.46. The first-order valence-electron chi connectivity index (χ1n) is 8.48. The second-order valence-electron chi connectivity index (χ2n) is 6.34. The lowest BCUT2D eigenvalue weighted by Gasteiger charge is -2.21. The quantitative estimate of drug-likeness (QED) is 0.680. The van der Waals surface area contributed by atoms with E-state index >= 15 is 0 Å². The fourth-order valence-electron chi connectivity index (χ4n) is 2.96. The molecule has 0 spiro atoms. The second-order valence-corrected chi connectivity index (χ2v) is 10.6. The van der Waals surface area contributed by atoms with Gasteiger partial charge in [-0.15, -0.1) is 0 Å². The van der Waals surface area contributed by atoms with E-state index in [1.807, 2.05) is 0 Å². The van der Waals surface area contributed by atoms with Crippen LogP contribution in [0.1, 0.15) is 6.42 Å². The molecule has 0 unspecified atom stereocenters. The topological polar surface area (TPSA) is 102 Å². The van der Waals surface area contributed by atoms with Crippen molar-refractivity contribution < 1.29 is 21.6 Å². The summed E-state index contributed by atoms with van der Waals surface area (Å²) in [6, 6.07) is 4.25. The Balaban J connectivity index is 1.80. The summed E-state index contributed by atoms with van der Waals surface area (Å²) >= 11 is 6.06. The zero-order valence-electron chi connectivity index (χ0n) is 15.4. The highest BCUT2D eigenvalue weighted by atomic mass is 35.5. The van der Waals surface area contributed by atoms with Crippen molar-refractivity contribution in [1.29, 1.82) is 0 Å². The molecule has 1 fully saturated rings. The molecule has 1 aliphatic rings. The van der Waals surface area contributed by atoms with E-state index < -0.39 is 20.0 Å². The van der Waals surface area contributed by atoms with Crippen LogP contribution < -0.4 is 4.74 Å². The van der Waals surface area contributed by atoms with Crippen molar-refractivity contribution in [1.82, 2.24) is 18.2 Å². The highest BCUT2D eigenvalue weighted by Crippen LogP contribution is 2.29. The van der Waals surface area contributed by atoms with E-state index in [4.69, 9.17) is 16.3 Å². The number of ether oxygens (including phenoxy) is 1. The number of hydrogen-bond donors (Lipinski definition) is 0. The largest absolute Gasteiger partial charge is 0.495 e. The number of methoxy groups -OCH3 is 1. The Kier molecular flexibility index (Phi) is 6.01. The molecule has 1 saturated heterocycles. The van der Waals surface area contributed by atoms with Crippen molar-refractivity contribution in [3.05, 3.63) is 35.7 Å². The molecular formula is C16H21ClN4O5S2. The predicted molar refractivity (Wildman–Crippen MR) is 103 cm³/mol. The number of aromatic nitrogens is 2. The lowest BCUT2D eigenvalue weighted by molar-refractivity contribution is 0.403. The van der Waals surface area contributed by atoms with Gasteiger partial charge in [-0.25, -0.2) is 21.8 Å². The number of imidazole rings is 1. The van der Waals surface area contributed by atoms with Crippen LogP contribution in [0.15, 0.2) is 40.6 Å². The fraction of sp³-hybridized carbons (Fsp3) is 0.438. The molecule has 0 atom stereocenters. The van der Waals surface area contributed by atoms with Crippen molar-refractivity contribution in [3.63, 3.8) is 0 Å². The van der Waals surface area contributed by atoms with Gasteiger partial charge in [0.25, 0.3) is 10.0 Å². The number of rotatable bonds is 5. The molecule has 0 N–H and O–H groups in total. The van der Waals surface area contributed by atoms with Crippen molar-refractivity contribution in [2.45, 2.75) is 16.3 Å². The Bertz CT molecular complexity index is 1070. The number of aryl methyl sites for hydroxylation is 1. The normalized spacial score (nSPS) is 17.4. The first-order chi connectivity index (χ1) is 13.2. The van der Waals surface area contributed by atoms with Gasteiger partial charge in [0, 0.05) is 39.4 Å². The van der Waals surface area contributed by atoms with Gasteiger partial charge in [-0.2, -0.15) is 8.61 Å². The molecule has 2 heterocycles. The van der Waals surface area contributed by atoms with Gasteiger partial charge in [-0.05, 0) is 24.6 Å². The van der Waals surface area contributed by atoms with Gasteiger partial charge in [0.15, 0.2) is 5.03 Å². The Morgan fingerprint density at radius 3 is 2.21 bits per heavy atom. The maximum atomic E-state index is 13.0. The average Bonchev–Trinajstić information content (AvgIpc) is 2.93.